The summed E-state index contributed by atoms with van der Waals surface area (Å²) in [7, 11) is -3.74. The van der Waals surface area contributed by atoms with Gasteiger partial charge >= 0.3 is 6.18 Å². The lowest BCUT2D eigenvalue weighted by Gasteiger charge is -2.24. The summed E-state index contributed by atoms with van der Waals surface area (Å²) < 4.78 is 69.4. The number of rotatable bonds is 8. The second-order valence-corrected chi connectivity index (χ2v) is 12.0. The molecular formula is C33H25F3N2O4S. The van der Waals surface area contributed by atoms with Crippen LogP contribution in [0.3, 0.4) is 0 Å². The number of furan rings is 1. The Labute approximate surface area is 246 Å². The molecule has 0 radical (unpaired) electrons. The Morgan fingerprint density at radius 2 is 1.63 bits per heavy atom. The third-order valence-electron chi connectivity index (χ3n) is 7.03. The molecule has 1 aromatic heterocycles. The summed E-state index contributed by atoms with van der Waals surface area (Å²) in [5.74, 6) is -2.14. The number of alkyl halides is 3. The average Bonchev–Trinajstić information content (AvgIpc) is 3.46. The molecule has 5 aromatic rings. The van der Waals surface area contributed by atoms with Crippen molar-refractivity contribution in [2.75, 3.05) is 5.75 Å². The molecule has 0 fully saturated rings. The molecule has 0 unspecified atom stereocenters. The van der Waals surface area contributed by atoms with Crippen molar-refractivity contribution in [1.29, 1.82) is 5.26 Å². The first-order valence-electron chi connectivity index (χ1n) is 13.2. The zero-order valence-corrected chi connectivity index (χ0v) is 23.7. The van der Waals surface area contributed by atoms with E-state index in [1.54, 1.807) is 42.5 Å². The number of halogens is 3. The number of carbonyl (C=O) groups excluding carboxylic acids is 1. The highest BCUT2D eigenvalue weighted by Gasteiger charge is 2.35. The number of nitrogens with zero attached hydrogens (tertiary/aromatic N) is 2. The molecule has 6 nitrogen and oxygen atoms in total. The van der Waals surface area contributed by atoms with Crippen molar-refractivity contribution in [1.82, 2.24) is 4.90 Å². The second kappa shape index (κ2) is 11.8. The molecule has 4 aromatic carbocycles. The Kier molecular flexibility index (Phi) is 8.11. The van der Waals surface area contributed by atoms with Crippen LogP contribution < -0.4 is 0 Å². The van der Waals surface area contributed by atoms with Gasteiger partial charge in [0.1, 0.15) is 11.5 Å². The summed E-state index contributed by atoms with van der Waals surface area (Å²) in [6.07, 6.45) is -4.65. The molecule has 0 atom stereocenters. The molecule has 0 saturated carbocycles. The summed E-state index contributed by atoms with van der Waals surface area (Å²) in [5, 5.41) is 10.4. The predicted molar refractivity (Wildman–Crippen MR) is 156 cm³/mol. The van der Waals surface area contributed by atoms with Gasteiger partial charge in [-0.15, -0.1) is 0 Å². The van der Waals surface area contributed by atoms with Gasteiger partial charge in [-0.2, -0.15) is 18.4 Å². The van der Waals surface area contributed by atoms with Crippen molar-refractivity contribution in [3.63, 3.8) is 0 Å². The number of amides is 1. The van der Waals surface area contributed by atoms with Gasteiger partial charge in [0.05, 0.1) is 23.1 Å². The van der Waals surface area contributed by atoms with Crippen LogP contribution in [0.5, 0.6) is 0 Å². The molecule has 0 bridgehead atoms. The van der Waals surface area contributed by atoms with E-state index >= 15 is 0 Å². The van der Waals surface area contributed by atoms with Crippen molar-refractivity contribution < 1.29 is 30.8 Å². The predicted octanol–water partition coefficient (Wildman–Crippen LogP) is 7.57. The number of carbonyl (C=O) groups is 1. The van der Waals surface area contributed by atoms with E-state index in [4.69, 9.17) is 9.68 Å². The van der Waals surface area contributed by atoms with Crippen LogP contribution in [-0.4, -0.2) is 25.0 Å². The normalized spacial score (nSPS) is 11.8. The highest BCUT2D eigenvalue weighted by atomic mass is 32.2. The van der Waals surface area contributed by atoms with E-state index in [0.717, 1.165) is 22.4 Å². The van der Waals surface area contributed by atoms with Crippen LogP contribution in [-0.2, 0) is 29.1 Å². The summed E-state index contributed by atoms with van der Waals surface area (Å²) in [6, 6.07) is 28.2. The minimum atomic E-state index is -4.65. The van der Waals surface area contributed by atoms with Crippen LogP contribution in [0.4, 0.5) is 13.2 Å². The highest BCUT2D eigenvalue weighted by molar-refractivity contribution is 7.91. The van der Waals surface area contributed by atoms with Crippen LogP contribution in [0.2, 0.25) is 0 Å². The van der Waals surface area contributed by atoms with Gasteiger partial charge in [-0.1, -0.05) is 72.8 Å². The molecule has 0 aliphatic carbocycles. The average molecular weight is 603 g/mol. The Morgan fingerprint density at radius 3 is 2.33 bits per heavy atom. The molecule has 1 heterocycles. The fourth-order valence-electron chi connectivity index (χ4n) is 4.89. The van der Waals surface area contributed by atoms with Gasteiger partial charge in [0.2, 0.25) is 5.76 Å². The number of aryl methyl sites for hydroxylation is 1. The largest absolute Gasteiger partial charge is 0.455 e. The molecule has 0 aliphatic heterocycles. The lowest BCUT2D eigenvalue weighted by Crippen LogP contribution is -2.30. The monoisotopic (exact) mass is 602 g/mol. The molecule has 0 spiro atoms. The molecule has 218 valence electrons. The van der Waals surface area contributed by atoms with E-state index in [0.29, 0.717) is 22.3 Å². The maximum Gasteiger partial charge on any atom is 0.449 e. The van der Waals surface area contributed by atoms with Crippen molar-refractivity contribution in [2.45, 2.75) is 31.1 Å². The Bertz CT molecular complexity index is 1960. The van der Waals surface area contributed by atoms with Gasteiger partial charge in [0.15, 0.2) is 9.84 Å². The van der Waals surface area contributed by atoms with Gasteiger partial charge < -0.3 is 9.32 Å². The quantitative estimate of drug-likeness (QED) is 0.183. The Hall–Kier alpha value is -4.88. The first-order chi connectivity index (χ1) is 20.5. The first-order valence-corrected chi connectivity index (χ1v) is 14.8. The zero-order chi connectivity index (χ0) is 30.8. The number of benzene rings is 4. The van der Waals surface area contributed by atoms with E-state index in [1.165, 1.54) is 23.1 Å². The molecule has 0 saturated heterocycles. The number of hydrogen-bond donors (Lipinski definition) is 0. The summed E-state index contributed by atoms with van der Waals surface area (Å²) in [5.41, 5.74) is 3.21. The lowest BCUT2D eigenvalue weighted by atomic mass is 9.98. The number of fused-ring (bicyclic) bond motifs is 1. The summed E-state index contributed by atoms with van der Waals surface area (Å²) in [4.78, 5) is 15.5. The van der Waals surface area contributed by atoms with E-state index in [1.807, 2.05) is 43.3 Å². The first kappa shape index (κ1) is 29.6. The zero-order valence-electron chi connectivity index (χ0n) is 22.9. The molecule has 0 aliphatic rings. The smallest absolute Gasteiger partial charge is 0.449 e. The molecule has 1 amide bonds. The van der Waals surface area contributed by atoms with E-state index in [2.05, 4.69) is 0 Å². The fraction of sp³-hybridized carbons (Fsp3) is 0.152. The third kappa shape index (κ3) is 6.47. The topological polar surface area (TPSA) is 91.4 Å². The maximum atomic E-state index is 14.0. The summed E-state index contributed by atoms with van der Waals surface area (Å²) >= 11 is 0. The van der Waals surface area contributed by atoms with Crippen LogP contribution >= 0.6 is 0 Å². The van der Waals surface area contributed by atoms with Crippen molar-refractivity contribution in [3.8, 4) is 17.2 Å². The van der Waals surface area contributed by atoms with Gasteiger partial charge in [-0.3, -0.25) is 4.79 Å². The molecule has 10 heteroatoms. The lowest BCUT2D eigenvalue weighted by molar-refractivity contribution is -0.153. The van der Waals surface area contributed by atoms with Crippen LogP contribution in [0, 0.1) is 18.3 Å². The second-order valence-electron chi connectivity index (χ2n) is 10.0. The third-order valence-corrected chi connectivity index (χ3v) is 8.52. The number of nitriles is 1. The summed E-state index contributed by atoms with van der Waals surface area (Å²) in [6.45, 7) is 1.69. The molecule has 5 rings (SSSR count). The van der Waals surface area contributed by atoms with E-state index in [9.17, 15) is 26.4 Å². The Balaban J connectivity index is 1.48. The van der Waals surface area contributed by atoms with Crippen molar-refractivity contribution in [3.05, 3.63) is 125 Å². The Morgan fingerprint density at radius 1 is 0.884 bits per heavy atom. The van der Waals surface area contributed by atoms with Crippen LogP contribution in [0.15, 0.2) is 106 Å². The highest BCUT2D eigenvalue weighted by Crippen LogP contribution is 2.32. The van der Waals surface area contributed by atoms with Gasteiger partial charge in [0, 0.05) is 6.54 Å². The molecular weight excluding hydrogens is 577 g/mol. The molecule has 43 heavy (non-hydrogen) atoms. The number of sulfone groups is 1. The fourth-order valence-corrected chi connectivity index (χ4v) is 5.81. The van der Waals surface area contributed by atoms with Gasteiger partial charge in [-0.05, 0) is 64.2 Å². The van der Waals surface area contributed by atoms with Gasteiger partial charge in [-0.25, -0.2) is 8.42 Å². The van der Waals surface area contributed by atoms with E-state index < -0.39 is 27.5 Å². The van der Waals surface area contributed by atoms with E-state index in [-0.39, 0.29) is 29.7 Å². The number of hydrogen-bond acceptors (Lipinski definition) is 5. The van der Waals surface area contributed by atoms with Crippen molar-refractivity contribution >= 4 is 26.5 Å². The minimum Gasteiger partial charge on any atom is -0.455 e. The maximum absolute atomic E-state index is 14.0. The van der Waals surface area contributed by atoms with Crippen LogP contribution in [0.25, 0.3) is 21.9 Å². The van der Waals surface area contributed by atoms with Gasteiger partial charge in [0.25, 0.3) is 5.91 Å². The van der Waals surface area contributed by atoms with Crippen LogP contribution in [0.1, 0.15) is 33.0 Å². The standard InChI is InChI=1S/C33H25F3N2O4S/c1-22-9-12-25-5-2-3-8-29(25)31(22)32(39)38(21-27-15-16-30(42-27)33(34,35)36)20-23-10-13-24(14-11-23)26-6-4-7-28(19-26)43(40,41)18-17-37/h2-16,19H,18,20-21H2,1H3. The molecule has 0 N–H and O–H groups in total. The SMILES string of the molecule is Cc1ccc2ccccc2c1C(=O)N(Cc1ccc(-c2cccc(S(=O)(=O)CC#N)c2)cc1)Cc1ccc(C(F)(F)F)o1. The van der Waals surface area contributed by atoms with Crippen molar-refractivity contribution in [2.24, 2.45) is 0 Å². The minimum absolute atomic E-state index is 0.00872.